The highest BCUT2D eigenvalue weighted by Gasteiger charge is 2.37. The van der Waals surface area contributed by atoms with E-state index in [4.69, 9.17) is 0 Å². The highest BCUT2D eigenvalue weighted by atomic mass is 16.3. The Morgan fingerprint density at radius 1 is 1.13 bits per heavy atom. The van der Waals surface area contributed by atoms with Crippen LogP contribution in [0.5, 0.6) is 5.75 Å². The third kappa shape index (κ3) is 2.01. The van der Waals surface area contributed by atoms with Crippen molar-refractivity contribution in [3.05, 3.63) is 29.8 Å². The van der Waals surface area contributed by atoms with Crippen LogP contribution in [-0.2, 0) is 0 Å². The van der Waals surface area contributed by atoms with Crippen LogP contribution in [0.4, 0.5) is 0 Å². The standard InChI is InChI=1S/C14H18O/c15-14-4-2-1-3-12(14)13(11-7-8-11)9-10-5-6-10/h1-4,10-11,13,15H,5-9H2. The summed E-state index contributed by atoms with van der Waals surface area (Å²) in [6.07, 6.45) is 6.87. The monoisotopic (exact) mass is 202 g/mol. The van der Waals surface area contributed by atoms with E-state index in [9.17, 15) is 5.11 Å². The zero-order valence-corrected chi connectivity index (χ0v) is 9.02. The number of aromatic hydroxyl groups is 1. The minimum atomic E-state index is 0.509. The molecule has 0 amide bonds. The summed E-state index contributed by atoms with van der Waals surface area (Å²) < 4.78 is 0. The summed E-state index contributed by atoms with van der Waals surface area (Å²) in [5, 5.41) is 9.89. The van der Waals surface area contributed by atoms with Gasteiger partial charge in [-0.2, -0.15) is 0 Å². The Balaban J connectivity index is 1.83. The van der Waals surface area contributed by atoms with Crippen LogP contribution in [0, 0.1) is 11.8 Å². The Morgan fingerprint density at radius 2 is 1.87 bits per heavy atom. The number of phenolic OH excluding ortho intramolecular Hbond substituents is 1. The van der Waals surface area contributed by atoms with E-state index in [-0.39, 0.29) is 0 Å². The molecule has 2 fully saturated rings. The average molecular weight is 202 g/mol. The normalized spacial score (nSPS) is 22.7. The first kappa shape index (κ1) is 9.26. The van der Waals surface area contributed by atoms with Gasteiger partial charge in [-0.3, -0.25) is 0 Å². The van der Waals surface area contributed by atoms with Crippen molar-refractivity contribution in [2.24, 2.45) is 11.8 Å². The summed E-state index contributed by atoms with van der Waals surface area (Å²) in [5.41, 5.74) is 1.20. The molecule has 0 bridgehead atoms. The van der Waals surface area contributed by atoms with Crippen molar-refractivity contribution in [3.8, 4) is 5.75 Å². The summed E-state index contributed by atoms with van der Waals surface area (Å²) in [5.74, 6) is 2.96. The predicted octanol–water partition coefficient (Wildman–Crippen LogP) is 3.69. The van der Waals surface area contributed by atoms with Gasteiger partial charge in [0.15, 0.2) is 0 Å². The van der Waals surface area contributed by atoms with Gasteiger partial charge in [0.1, 0.15) is 5.75 Å². The SMILES string of the molecule is Oc1ccccc1C(CC1CC1)C1CC1. The van der Waals surface area contributed by atoms with E-state index in [1.807, 2.05) is 12.1 Å². The van der Waals surface area contributed by atoms with E-state index in [0.29, 0.717) is 11.7 Å². The van der Waals surface area contributed by atoms with Gasteiger partial charge in [-0.1, -0.05) is 31.0 Å². The molecule has 1 nitrogen and oxygen atoms in total. The predicted molar refractivity (Wildman–Crippen MR) is 60.9 cm³/mol. The van der Waals surface area contributed by atoms with Crippen LogP contribution < -0.4 is 0 Å². The summed E-state index contributed by atoms with van der Waals surface area (Å²) >= 11 is 0. The van der Waals surface area contributed by atoms with E-state index >= 15 is 0 Å². The van der Waals surface area contributed by atoms with Crippen molar-refractivity contribution in [2.45, 2.75) is 38.0 Å². The molecule has 15 heavy (non-hydrogen) atoms. The Morgan fingerprint density at radius 3 is 2.47 bits per heavy atom. The van der Waals surface area contributed by atoms with Crippen molar-refractivity contribution < 1.29 is 5.11 Å². The number of benzene rings is 1. The molecule has 2 aliphatic rings. The molecule has 1 aromatic rings. The molecule has 2 aliphatic carbocycles. The molecule has 0 spiro atoms. The quantitative estimate of drug-likeness (QED) is 0.789. The largest absolute Gasteiger partial charge is 0.508 e. The molecule has 0 heterocycles. The molecular weight excluding hydrogens is 184 g/mol. The fourth-order valence-corrected chi connectivity index (χ4v) is 2.59. The van der Waals surface area contributed by atoms with Gasteiger partial charge in [0.2, 0.25) is 0 Å². The minimum absolute atomic E-state index is 0.509. The molecule has 1 aromatic carbocycles. The second kappa shape index (κ2) is 3.55. The van der Waals surface area contributed by atoms with E-state index < -0.39 is 0 Å². The maximum atomic E-state index is 9.89. The first-order valence-electron chi connectivity index (χ1n) is 6.12. The van der Waals surface area contributed by atoms with E-state index in [0.717, 1.165) is 11.8 Å². The lowest BCUT2D eigenvalue weighted by Gasteiger charge is -2.17. The number of para-hydroxylation sites is 1. The third-order valence-electron chi connectivity index (χ3n) is 3.81. The van der Waals surface area contributed by atoms with Crippen LogP contribution in [0.1, 0.15) is 43.6 Å². The number of rotatable bonds is 4. The fourth-order valence-electron chi connectivity index (χ4n) is 2.59. The maximum Gasteiger partial charge on any atom is 0.119 e. The molecule has 0 aromatic heterocycles. The first-order chi connectivity index (χ1) is 7.34. The van der Waals surface area contributed by atoms with Crippen LogP contribution >= 0.6 is 0 Å². The smallest absolute Gasteiger partial charge is 0.119 e. The van der Waals surface area contributed by atoms with Crippen LogP contribution in [0.2, 0.25) is 0 Å². The number of hydrogen-bond acceptors (Lipinski definition) is 1. The van der Waals surface area contributed by atoms with Gasteiger partial charge in [-0.25, -0.2) is 0 Å². The minimum Gasteiger partial charge on any atom is -0.508 e. The van der Waals surface area contributed by atoms with Crippen molar-refractivity contribution in [1.82, 2.24) is 0 Å². The molecule has 80 valence electrons. The topological polar surface area (TPSA) is 20.2 Å². The van der Waals surface area contributed by atoms with Crippen LogP contribution in [0.3, 0.4) is 0 Å². The Labute approximate surface area is 91.1 Å². The second-order valence-corrected chi connectivity index (χ2v) is 5.18. The van der Waals surface area contributed by atoms with Gasteiger partial charge in [-0.05, 0) is 48.6 Å². The molecule has 1 atom stereocenters. The van der Waals surface area contributed by atoms with Crippen LogP contribution in [0.25, 0.3) is 0 Å². The summed E-state index contributed by atoms with van der Waals surface area (Å²) in [6, 6.07) is 7.91. The molecule has 0 radical (unpaired) electrons. The highest BCUT2D eigenvalue weighted by Crippen LogP contribution is 2.51. The van der Waals surface area contributed by atoms with E-state index in [1.165, 1.54) is 37.7 Å². The van der Waals surface area contributed by atoms with Crippen molar-refractivity contribution in [1.29, 1.82) is 0 Å². The van der Waals surface area contributed by atoms with Gasteiger partial charge < -0.3 is 5.11 Å². The number of phenols is 1. The maximum absolute atomic E-state index is 9.89. The Kier molecular flexibility index (Phi) is 2.19. The van der Waals surface area contributed by atoms with Crippen molar-refractivity contribution in [3.63, 3.8) is 0 Å². The Bertz CT molecular complexity index is 350. The number of hydrogen-bond donors (Lipinski definition) is 1. The highest BCUT2D eigenvalue weighted by molar-refractivity contribution is 5.36. The average Bonchev–Trinajstić information content (AvgIpc) is 3.10. The molecule has 0 saturated heterocycles. The summed E-state index contributed by atoms with van der Waals surface area (Å²) in [4.78, 5) is 0. The lowest BCUT2D eigenvalue weighted by Crippen LogP contribution is -2.02. The molecule has 1 unspecified atom stereocenters. The van der Waals surface area contributed by atoms with Crippen LogP contribution in [0.15, 0.2) is 24.3 Å². The van der Waals surface area contributed by atoms with Crippen LogP contribution in [-0.4, -0.2) is 5.11 Å². The van der Waals surface area contributed by atoms with Gasteiger partial charge in [-0.15, -0.1) is 0 Å². The zero-order chi connectivity index (χ0) is 10.3. The molecule has 2 saturated carbocycles. The van der Waals surface area contributed by atoms with E-state index in [2.05, 4.69) is 12.1 Å². The van der Waals surface area contributed by atoms with Gasteiger partial charge in [0.25, 0.3) is 0 Å². The Hall–Kier alpha value is -0.980. The lowest BCUT2D eigenvalue weighted by atomic mass is 9.88. The molecule has 0 aliphatic heterocycles. The first-order valence-corrected chi connectivity index (χ1v) is 6.12. The molecule has 3 rings (SSSR count). The van der Waals surface area contributed by atoms with Crippen molar-refractivity contribution >= 4 is 0 Å². The third-order valence-corrected chi connectivity index (χ3v) is 3.81. The van der Waals surface area contributed by atoms with Gasteiger partial charge in [0, 0.05) is 0 Å². The fraction of sp³-hybridized carbons (Fsp3) is 0.571. The lowest BCUT2D eigenvalue weighted by molar-refractivity contribution is 0.442. The summed E-state index contributed by atoms with van der Waals surface area (Å²) in [6.45, 7) is 0. The van der Waals surface area contributed by atoms with E-state index in [1.54, 1.807) is 0 Å². The molecule has 1 heteroatoms. The zero-order valence-electron chi connectivity index (χ0n) is 9.02. The second-order valence-electron chi connectivity index (χ2n) is 5.18. The van der Waals surface area contributed by atoms with Crippen molar-refractivity contribution in [2.75, 3.05) is 0 Å². The van der Waals surface area contributed by atoms with Gasteiger partial charge in [0.05, 0.1) is 0 Å². The molecule has 1 N–H and O–H groups in total. The summed E-state index contributed by atoms with van der Waals surface area (Å²) in [7, 11) is 0. The molecular formula is C14H18O. The van der Waals surface area contributed by atoms with Gasteiger partial charge >= 0.3 is 0 Å².